The maximum atomic E-state index is 3.82. The van der Waals surface area contributed by atoms with Crippen molar-refractivity contribution >= 4 is 15.9 Å². The fourth-order valence-corrected chi connectivity index (χ4v) is 2.52. The molecule has 1 aromatic carbocycles. The van der Waals surface area contributed by atoms with Crippen LogP contribution in [0.5, 0.6) is 0 Å². The minimum atomic E-state index is 0.479. The molecule has 2 heteroatoms. The summed E-state index contributed by atoms with van der Waals surface area (Å²) in [5.41, 5.74) is 1.36. The van der Waals surface area contributed by atoms with Crippen molar-refractivity contribution in [1.29, 1.82) is 0 Å². The predicted octanol–water partition coefficient (Wildman–Crippen LogP) is 3.43. The smallest absolute Gasteiger partial charge is 0.0337 e. The van der Waals surface area contributed by atoms with Crippen molar-refractivity contribution in [2.24, 2.45) is 0 Å². The molecule has 2 rings (SSSR count). The van der Waals surface area contributed by atoms with Gasteiger partial charge in [0, 0.05) is 16.6 Å². The van der Waals surface area contributed by atoms with Crippen molar-refractivity contribution < 1.29 is 0 Å². The lowest BCUT2D eigenvalue weighted by molar-refractivity contribution is 0.611. The van der Waals surface area contributed by atoms with E-state index in [1.54, 1.807) is 0 Å². The van der Waals surface area contributed by atoms with E-state index in [4.69, 9.17) is 0 Å². The molecule has 0 amide bonds. The molecule has 2 atom stereocenters. The number of hydrogen-bond acceptors (Lipinski definition) is 1. The topological polar surface area (TPSA) is 12.0 Å². The molecule has 0 radical (unpaired) electrons. The number of halogens is 1. The second kappa shape index (κ2) is 4.28. The summed E-state index contributed by atoms with van der Waals surface area (Å²) in [5, 5.41) is 3.55. The van der Waals surface area contributed by atoms with Crippen LogP contribution in [0.2, 0.25) is 0 Å². The molecular formula is C12H14BrN. The van der Waals surface area contributed by atoms with Gasteiger partial charge in [0.15, 0.2) is 0 Å². The summed E-state index contributed by atoms with van der Waals surface area (Å²) in [6.45, 7) is 3.82. The molecule has 14 heavy (non-hydrogen) atoms. The van der Waals surface area contributed by atoms with E-state index in [-0.39, 0.29) is 0 Å². The van der Waals surface area contributed by atoms with Gasteiger partial charge in [-0.05, 0) is 24.5 Å². The van der Waals surface area contributed by atoms with E-state index < -0.39 is 0 Å². The SMILES string of the molecule is C=CC1CCC(c2ccccc2Br)N1. The average Bonchev–Trinajstić information content (AvgIpc) is 2.67. The van der Waals surface area contributed by atoms with Crippen LogP contribution in [0.4, 0.5) is 0 Å². The van der Waals surface area contributed by atoms with Gasteiger partial charge in [0.2, 0.25) is 0 Å². The summed E-state index contributed by atoms with van der Waals surface area (Å²) in [6, 6.07) is 9.36. The largest absolute Gasteiger partial charge is 0.304 e. The zero-order valence-electron chi connectivity index (χ0n) is 8.04. The van der Waals surface area contributed by atoms with E-state index in [1.807, 2.05) is 12.1 Å². The van der Waals surface area contributed by atoms with Crippen LogP contribution in [0.15, 0.2) is 41.4 Å². The fraction of sp³-hybridized carbons (Fsp3) is 0.333. The lowest BCUT2D eigenvalue weighted by Gasteiger charge is -2.13. The molecule has 0 spiro atoms. The monoisotopic (exact) mass is 251 g/mol. The Morgan fingerprint density at radius 3 is 2.79 bits per heavy atom. The van der Waals surface area contributed by atoms with E-state index in [1.165, 1.54) is 22.9 Å². The van der Waals surface area contributed by atoms with Crippen LogP contribution < -0.4 is 5.32 Å². The number of benzene rings is 1. The molecule has 2 unspecified atom stereocenters. The van der Waals surface area contributed by atoms with Gasteiger partial charge in [-0.2, -0.15) is 0 Å². The minimum absolute atomic E-state index is 0.479. The van der Waals surface area contributed by atoms with E-state index in [0.29, 0.717) is 12.1 Å². The lowest BCUT2D eigenvalue weighted by atomic mass is 10.1. The van der Waals surface area contributed by atoms with Crippen molar-refractivity contribution in [2.75, 3.05) is 0 Å². The first-order valence-electron chi connectivity index (χ1n) is 4.94. The van der Waals surface area contributed by atoms with E-state index in [0.717, 1.165) is 0 Å². The molecule has 1 aliphatic heterocycles. The Balaban J connectivity index is 2.17. The van der Waals surface area contributed by atoms with Crippen LogP contribution in [-0.4, -0.2) is 6.04 Å². The summed E-state index contributed by atoms with van der Waals surface area (Å²) >= 11 is 3.58. The molecule has 1 fully saturated rings. The van der Waals surface area contributed by atoms with Crippen LogP contribution in [0.25, 0.3) is 0 Å². The van der Waals surface area contributed by atoms with Crippen molar-refractivity contribution in [3.05, 3.63) is 47.0 Å². The third-order valence-corrected chi connectivity index (χ3v) is 3.47. The third kappa shape index (κ3) is 1.91. The van der Waals surface area contributed by atoms with Gasteiger partial charge in [0.25, 0.3) is 0 Å². The van der Waals surface area contributed by atoms with Gasteiger partial charge in [-0.3, -0.25) is 0 Å². The van der Waals surface area contributed by atoms with Crippen LogP contribution in [0.1, 0.15) is 24.4 Å². The van der Waals surface area contributed by atoms with Gasteiger partial charge in [0.05, 0.1) is 0 Å². The number of hydrogen-bond donors (Lipinski definition) is 1. The molecule has 1 aliphatic rings. The lowest BCUT2D eigenvalue weighted by Crippen LogP contribution is -2.21. The van der Waals surface area contributed by atoms with Crippen molar-refractivity contribution in [3.63, 3.8) is 0 Å². The summed E-state index contributed by atoms with van der Waals surface area (Å²) < 4.78 is 1.20. The summed E-state index contributed by atoms with van der Waals surface area (Å²) in [5.74, 6) is 0. The van der Waals surface area contributed by atoms with Gasteiger partial charge in [-0.15, -0.1) is 6.58 Å². The highest BCUT2D eigenvalue weighted by atomic mass is 79.9. The molecule has 0 bridgehead atoms. The molecular weight excluding hydrogens is 238 g/mol. The summed E-state index contributed by atoms with van der Waals surface area (Å²) in [4.78, 5) is 0. The first-order chi connectivity index (χ1) is 6.81. The Bertz CT molecular complexity index is 335. The zero-order chi connectivity index (χ0) is 9.97. The van der Waals surface area contributed by atoms with Crippen molar-refractivity contribution in [1.82, 2.24) is 5.32 Å². The zero-order valence-corrected chi connectivity index (χ0v) is 9.63. The maximum Gasteiger partial charge on any atom is 0.0337 e. The van der Waals surface area contributed by atoms with Crippen molar-refractivity contribution in [3.8, 4) is 0 Å². The Hall–Kier alpha value is -0.600. The highest BCUT2D eigenvalue weighted by Gasteiger charge is 2.23. The van der Waals surface area contributed by atoms with Crippen LogP contribution in [-0.2, 0) is 0 Å². The molecule has 1 nitrogen and oxygen atoms in total. The van der Waals surface area contributed by atoms with Gasteiger partial charge < -0.3 is 5.32 Å². The third-order valence-electron chi connectivity index (χ3n) is 2.75. The first kappa shape index (κ1) is 9.94. The van der Waals surface area contributed by atoms with Crippen LogP contribution in [0.3, 0.4) is 0 Å². The van der Waals surface area contributed by atoms with E-state index in [9.17, 15) is 0 Å². The standard InChI is InChI=1S/C12H14BrN/c1-2-9-7-8-12(14-9)10-5-3-4-6-11(10)13/h2-6,9,12,14H,1,7-8H2. The maximum absolute atomic E-state index is 3.82. The summed E-state index contributed by atoms with van der Waals surface area (Å²) in [7, 11) is 0. The molecule has 1 N–H and O–H groups in total. The molecule has 1 heterocycles. The second-order valence-electron chi connectivity index (χ2n) is 3.66. The van der Waals surface area contributed by atoms with Gasteiger partial charge in [0.1, 0.15) is 0 Å². The molecule has 1 aromatic rings. The Kier molecular flexibility index (Phi) is 3.04. The van der Waals surface area contributed by atoms with Crippen LogP contribution >= 0.6 is 15.9 Å². The second-order valence-corrected chi connectivity index (χ2v) is 4.51. The molecule has 0 saturated carbocycles. The molecule has 74 valence electrons. The Morgan fingerprint density at radius 1 is 1.36 bits per heavy atom. The normalized spacial score (nSPS) is 26.4. The Morgan fingerprint density at radius 2 is 2.14 bits per heavy atom. The molecule has 0 aromatic heterocycles. The summed E-state index contributed by atoms with van der Waals surface area (Å²) in [6.07, 6.45) is 4.38. The van der Waals surface area contributed by atoms with E-state index >= 15 is 0 Å². The fourth-order valence-electron chi connectivity index (χ4n) is 1.96. The van der Waals surface area contributed by atoms with Gasteiger partial charge in [-0.1, -0.05) is 40.2 Å². The first-order valence-corrected chi connectivity index (χ1v) is 5.73. The van der Waals surface area contributed by atoms with Gasteiger partial charge >= 0.3 is 0 Å². The van der Waals surface area contributed by atoms with Crippen molar-refractivity contribution in [2.45, 2.75) is 24.9 Å². The van der Waals surface area contributed by atoms with Gasteiger partial charge in [-0.25, -0.2) is 0 Å². The minimum Gasteiger partial charge on any atom is -0.304 e. The highest BCUT2D eigenvalue weighted by Crippen LogP contribution is 2.31. The average molecular weight is 252 g/mol. The highest BCUT2D eigenvalue weighted by molar-refractivity contribution is 9.10. The number of nitrogens with one attached hydrogen (secondary N) is 1. The Labute approximate surface area is 93.3 Å². The molecule has 1 saturated heterocycles. The molecule has 0 aliphatic carbocycles. The van der Waals surface area contributed by atoms with Crippen LogP contribution in [0, 0.1) is 0 Å². The quantitative estimate of drug-likeness (QED) is 0.795. The number of rotatable bonds is 2. The van der Waals surface area contributed by atoms with E-state index in [2.05, 4.69) is 46.0 Å². The predicted molar refractivity (Wildman–Crippen MR) is 63.2 cm³/mol.